The van der Waals surface area contributed by atoms with E-state index in [1.807, 2.05) is 6.92 Å². The van der Waals surface area contributed by atoms with E-state index < -0.39 is 0 Å². The molecule has 2 rings (SSSR count). The molecule has 1 atom stereocenters. The van der Waals surface area contributed by atoms with Crippen LogP contribution in [0.1, 0.15) is 30.1 Å². The van der Waals surface area contributed by atoms with Crippen LogP contribution in [-0.4, -0.2) is 29.6 Å². The monoisotopic (exact) mass is 235 g/mol. The maximum absolute atomic E-state index is 11.8. The fourth-order valence-corrected chi connectivity index (χ4v) is 1.89. The number of aromatic nitrogens is 1. The molecule has 0 bridgehead atoms. The highest BCUT2D eigenvalue weighted by Crippen LogP contribution is 2.23. The molecule has 1 aromatic heterocycles. The summed E-state index contributed by atoms with van der Waals surface area (Å²) in [5.74, 6) is 0.266. The molecule has 5 nitrogen and oxygen atoms in total. The molecule has 0 aromatic carbocycles. The van der Waals surface area contributed by atoms with Crippen LogP contribution in [-0.2, 0) is 4.74 Å². The first-order valence-corrected chi connectivity index (χ1v) is 5.73. The molecule has 1 unspecified atom stereocenters. The fraction of sp³-hybridized carbons (Fsp3) is 0.500. The molecule has 92 valence electrons. The van der Waals surface area contributed by atoms with Crippen molar-refractivity contribution in [3.63, 3.8) is 0 Å². The molecule has 1 saturated heterocycles. The Morgan fingerprint density at radius 1 is 1.65 bits per heavy atom. The van der Waals surface area contributed by atoms with Gasteiger partial charge in [-0.15, -0.1) is 0 Å². The standard InChI is InChI=1S/C12H17N3O2/c1-12(5-2-6-17-12)8-15-11(16)9-3-4-10(13)14-7-9/h3-4,7H,2,5-6,8H2,1H3,(H2,13,14)(H,15,16). The lowest BCUT2D eigenvalue weighted by atomic mass is 10.0. The minimum Gasteiger partial charge on any atom is -0.384 e. The van der Waals surface area contributed by atoms with Crippen LogP contribution in [0.15, 0.2) is 18.3 Å². The van der Waals surface area contributed by atoms with E-state index in [0.717, 1.165) is 19.4 Å². The van der Waals surface area contributed by atoms with Crippen molar-refractivity contribution in [3.8, 4) is 0 Å². The summed E-state index contributed by atoms with van der Waals surface area (Å²) in [5, 5.41) is 2.86. The highest BCUT2D eigenvalue weighted by Gasteiger charge is 2.30. The zero-order valence-corrected chi connectivity index (χ0v) is 9.90. The molecular formula is C12H17N3O2. The molecule has 1 aliphatic heterocycles. The number of hydrogen-bond donors (Lipinski definition) is 2. The Labute approximate surface area is 100 Å². The van der Waals surface area contributed by atoms with Crippen molar-refractivity contribution < 1.29 is 9.53 Å². The lowest BCUT2D eigenvalue weighted by Crippen LogP contribution is -2.40. The number of amides is 1. The number of carbonyl (C=O) groups is 1. The first-order chi connectivity index (χ1) is 8.09. The Morgan fingerprint density at radius 3 is 3.06 bits per heavy atom. The van der Waals surface area contributed by atoms with Crippen molar-refractivity contribution >= 4 is 11.7 Å². The molecule has 1 aromatic rings. The van der Waals surface area contributed by atoms with Gasteiger partial charge >= 0.3 is 0 Å². The van der Waals surface area contributed by atoms with Crippen molar-refractivity contribution in [1.82, 2.24) is 10.3 Å². The quantitative estimate of drug-likeness (QED) is 0.818. The first-order valence-electron chi connectivity index (χ1n) is 5.73. The summed E-state index contributed by atoms with van der Waals surface area (Å²) in [6.07, 6.45) is 3.51. The Kier molecular flexibility index (Phi) is 3.28. The number of nitrogens with one attached hydrogen (secondary N) is 1. The molecule has 17 heavy (non-hydrogen) atoms. The van der Waals surface area contributed by atoms with Crippen LogP contribution >= 0.6 is 0 Å². The summed E-state index contributed by atoms with van der Waals surface area (Å²) in [7, 11) is 0. The van der Waals surface area contributed by atoms with Crippen LogP contribution in [0.3, 0.4) is 0 Å². The van der Waals surface area contributed by atoms with Crippen LogP contribution in [0.2, 0.25) is 0 Å². The van der Waals surface area contributed by atoms with Gasteiger partial charge in [-0.05, 0) is 31.9 Å². The van der Waals surface area contributed by atoms with Crippen molar-refractivity contribution in [2.75, 3.05) is 18.9 Å². The third kappa shape index (κ3) is 2.94. The van der Waals surface area contributed by atoms with E-state index >= 15 is 0 Å². The van der Waals surface area contributed by atoms with E-state index in [-0.39, 0.29) is 11.5 Å². The zero-order valence-electron chi connectivity index (χ0n) is 9.90. The molecule has 0 spiro atoms. The van der Waals surface area contributed by atoms with Crippen molar-refractivity contribution in [2.24, 2.45) is 0 Å². The van der Waals surface area contributed by atoms with Gasteiger partial charge in [-0.25, -0.2) is 4.98 Å². The lowest BCUT2D eigenvalue weighted by Gasteiger charge is -2.23. The number of ether oxygens (including phenoxy) is 1. The van der Waals surface area contributed by atoms with Crippen LogP contribution in [0.5, 0.6) is 0 Å². The minimum absolute atomic E-state index is 0.144. The van der Waals surface area contributed by atoms with E-state index in [2.05, 4.69) is 10.3 Å². The molecular weight excluding hydrogens is 218 g/mol. The second-order valence-electron chi connectivity index (χ2n) is 4.56. The van der Waals surface area contributed by atoms with Gasteiger partial charge in [0.05, 0.1) is 11.2 Å². The number of carbonyl (C=O) groups excluding carboxylic acids is 1. The molecule has 5 heteroatoms. The van der Waals surface area contributed by atoms with Crippen LogP contribution in [0.4, 0.5) is 5.82 Å². The Balaban J connectivity index is 1.91. The fourth-order valence-electron chi connectivity index (χ4n) is 1.89. The van der Waals surface area contributed by atoms with Crippen molar-refractivity contribution in [1.29, 1.82) is 0 Å². The molecule has 0 radical (unpaired) electrons. The maximum Gasteiger partial charge on any atom is 0.252 e. The predicted molar refractivity (Wildman–Crippen MR) is 64.6 cm³/mol. The average molecular weight is 235 g/mol. The van der Waals surface area contributed by atoms with Gasteiger partial charge < -0.3 is 15.8 Å². The van der Waals surface area contributed by atoms with E-state index in [1.165, 1.54) is 6.20 Å². The number of hydrogen-bond acceptors (Lipinski definition) is 4. The molecule has 1 fully saturated rings. The zero-order chi connectivity index (χ0) is 12.3. The SMILES string of the molecule is CC1(CNC(=O)c2ccc(N)nc2)CCCO1. The Morgan fingerprint density at radius 2 is 2.47 bits per heavy atom. The number of nitrogens with two attached hydrogens (primary N) is 1. The van der Waals surface area contributed by atoms with Gasteiger partial charge in [-0.1, -0.05) is 0 Å². The summed E-state index contributed by atoms with van der Waals surface area (Å²) < 4.78 is 5.60. The first kappa shape index (κ1) is 11.9. The predicted octanol–water partition coefficient (Wildman–Crippen LogP) is 0.963. The number of nitrogen functional groups attached to an aromatic ring is 1. The van der Waals surface area contributed by atoms with Gasteiger partial charge in [-0.2, -0.15) is 0 Å². The highest BCUT2D eigenvalue weighted by atomic mass is 16.5. The topological polar surface area (TPSA) is 77.2 Å². The second kappa shape index (κ2) is 4.71. The summed E-state index contributed by atoms with van der Waals surface area (Å²) in [5.41, 5.74) is 5.75. The minimum atomic E-state index is -0.225. The van der Waals surface area contributed by atoms with Crippen molar-refractivity contribution in [3.05, 3.63) is 23.9 Å². The van der Waals surface area contributed by atoms with Gasteiger partial charge in [0.15, 0.2) is 0 Å². The molecule has 1 aliphatic rings. The Hall–Kier alpha value is -1.62. The lowest BCUT2D eigenvalue weighted by molar-refractivity contribution is 0.0206. The molecule has 3 N–H and O–H groups in total. The van der Waals surface area contributed by atoms with Gasteiger partial charge in [0.1, 0.15) is 5.82 Å². The highest BCUT2D eigenvalue weighted by molar-refractivity contribution is 5.94. The normalized spacial score (nSPS) is 23.6. The van der Waals surface area contributed by atoms with Gasteiger partial charge in [0.2, 0.25) is 0 Å². The summed E-state index contributed by atoms with van der Waals surface area (Å²) in [4.78, 5) is 15.7. The van der Waals surface area contributed by atoms with E-state index in [1.54, 1.807) is 12.1 Å². The largest absolute Gasteiger partial charge is 0.384 e. The average Bonchev–Trinajstić information content (AvgIpc) is 2.75. The van der Waals surface area contributed by atoms with Gasteiger partial charge in [0.25, 0.3) is 5.91 Å². The number of anilines is 1. The third-order valence-corrected chi connectivity index (χ3v) is 2.97. The van der Waals surface area contributed by atoms with E-state index in [4.69, 9.17) is 10.5 Å². The summed E-state index contributed by atoms with van der Waals surface area (Å²) in [6, 6.07) is 3.28. The van der Waals surface area contributed by atoms with E-state index in [0.29, 0.717) is 17.9 Å². The summed E-state index contributed by atoms with van der Waals surface area (Å²) >= 11 is 0. The second-order valence-corrected chi connectivity index (χ2v) is 4.56. The van der Waals surface area contributed by atoms with Crippen molar-refractivity contribution in [2.45, 2.75) is 25.4 Å². The van der Waals surface area contributed by atoms with Crippen LogP contribution in [0, 0.1) is 0 Å². The maximum atomic E-state index is 11.8. The van der Waals surface area contributed by atoms with Crippen LogP contribution < -0.4 is 11.1 Å². The number of nitrogens with zero attached hydrogens (tertiary/aromatic N) is 1. The molecule has 0 saturated carbocycles. The van der Waals surface area contributed by atoms with Crippen LogP contribution in [0.25, 0.3) is 0 Å². The third-order valence-electron chi connectivity index (χ3n) is 2.97. The van der Waals surface area contributed by atoms with Gasteiger partial charge in [-0.3, -0.25) is 4.79 Å². The number of rotatable bonds is 3. The number of pyridine rings is 1. The van der Waals surface area contributed by atoms with Gasteiger partial charge in [0, 0.05) is 19.3 Å². The molecule has 1 amide bonds. The Bertz CT molecular complexity index is 397. The summed E-state index contributed by atoms with van der Waals surface area (Å²) in [6.45, 7) is 3.31. The smallest absolute Gasteiger partial charge is 0.252 e. The molecule has 0 aliphatic carbocycles. The molecule has 2 heterocycles. The van der Waals surface area contributed by atoms with E-state index in [9.17, 15) is 4.79 Å².